The summed E-state index contributed by atoms with van der Waals surface area (Å²) in [5, 5.41) is 7.21. The summed E-state index contributed by atoms with van der Waals surface area (Å²) < 4.78 is 22.4. The van der Waals surface area contributed by atoms with Gasteiger partial charge in [0.1, 0.15) is 13.2 Å². The van der Waals surface area contributed by atoms with Gasteiger partial charge in [-0.15, -0.1) is 0 Å². The first-order valence-corrected chi connectivity index (χ1v) is 10.4. The molecule has 2 aliphatic rings. The van der Waals surface area contributed by atoms with Crippen molar-refractivity contribution >= 4 is 17.6 Å². The van der Waals surface area contributed by atoms with Crippen molar-refractivity contribution in [2.24, 2.45) is 4.99 Å². The first kappa shape index (κ1) is 21.0. The second kappa shape index (κ2) is 11.3. The molecule has 0 aliphatic carbocycles. The Labute approximate surface area is 171 Å². The zero-order valence-electron chi connectivity index (χ0n) is 16.5. The number of nitrogens with one attached hydrogen (secondary N) is 2. The van der Waals surface area contributed by atoms with Gasteiger partial charge in [-0.1, -0.05) is 11.6 Å². The lowest BCUT2D eigenvalue weighted by Crippen LogP contribution is -2.39. The topological polar surface area (TPSA) is 73.3 Å². The summed E-state index contributed by atoms with van der Waals surface area (Å²) in [6.45, 7) is 4.93. The number of halogens is 1. The third kappa shape index (κ3) is 6.43. The van der Waals surface area contributed by atoms with Gasteiger partial charge in [0.25, 0.3) is 0 Å². The number of guanidine groups is 1. The Morgan fingerprint density at radius 1 is 1.21 bits per heavy atom. The number of hydrogen-bond acceptors (Lipinski definition) is 5. The van der Waals surface area contributed by atoms with Crippen molar-refractivity contribution in [1.29, 1.82) is 0 Å². The molecule has 1 saturated heterocycles. The fraction of sp³-hybridized carbons (Fsp3) is 0.650. The molecular weight excluding hydrogens is 382 g/mol. The van der Waals surface area contributed by atoms with Gasteiger partial charge in [-0.3, -0.25) is 4.99 Å². The lowest BCUT2D eigenvalue weighted by atomic mass is 10.1. The van der Waals surface area contributed by atoms with Crippen LogP contribution in [0.5, 0.6) is 11.5 Å². The molecule has 2 heterocycles. The molecular formula is C20H30ClN3O4. The van der Waals surface area contributed by atoms with Crippen molar-refractivity contribution in [3.63, 3.8) is 0 Å². The van der Waals surface area contributed by atoms with Crippen LogP contribution in [0.25, 0.3) is 0 Å². The van der Waals surface area contributed by atoms with Crippen molar-refractivity contribution < 1.29 is 18.9 Å². The maximum atomic E-state index is 6.29. The van der Waals surface area contributed by atoms with Crippen LogP contribution in [0.2, 0.25) is 5.02 Å². The first-order valence-electron chi connectivity index (χ1n) is 9.98. The minimum Gasteiger partial charge on any atom is -0.486 e. The average molecular weight is 412 g/mol. The van der Waals surface area contributed by atoms with Gasteiger partial charge in [0.15, 0.2) is 17.5 Å². The largest absolute Gasteiger partial charge is 0.486 e. The highest BCUT2D eigenvalue weighted by Gasteiger charge is 2.17. The van der Waals surface area contributed by atoms with E-state index in [1.165, 1.54) is 0 Å². The zero-order chi connectivity index (χ0) is 19.6. The van der Waals surface area contributed by atoms with Crippen LogP contribution in [0.3, 0.4) is 0 Å². The fourth-order valence-corrected chi connectivity index (χ4v) is 3.51. The van der Waals surface area contributed by atoms with Crippen LogP contribution >= 0.6 is 11.6 Å². The molecule has 0 bridgehead atoms. The molecule has 1 atom stereocenters. The standard InChI is InChI=1S/C20H30ClN3O4/c1-22-20(23-6-3-8-25-14-16-4-2-9-26-16)24-7-5-15-12-17(21)19-18(13-15)27-10-11-28-19/h12-13,16H,2-11,14H2,1H3,(H2,22,23,24). The third-order valence-corrected chi connectivity index (χ3v) is 4.95. The van der Waals surface area contributed by atoms with Crippen LogP contribution < -0.4 is 20.1 Å². The van der Waals surface area contributed by atoms with E-state index in [0.29, 0.717) is 30.6 Å². The maximum Gasteiger partial charge on any atom is 0.190 e. The molecule has 2 N–H and O–H groups in total. The monoisotopic (exact) mass is 411 g/mol. The van der Waals surface area contributed by atoms with Gasteiger partial charge in [-0.2, -0.15) is 0 Å². The average Bonchev–Trinajstić information content (AvgIpc) is 3.23. The van der Waals surface area contributed by atoms with E-state index in [0.717, 1.165) is 69.3 Å². The summed E-state index contributed by atoms with van der Waals surface area (Å²) in [7, 11) is 1.77. The number of nitrogens with zero attached hydrogens (tertiary/aromatic N) is 1. The summed E-state index contributed by atoms with van der Waals surface area (Å²) in [6, 6.07) is 3.92. The van der Waals surface area contributed by atoms with Crippen molar-refractivity contribution in [2.45, 2.75) is 31.8 Å². The van der Waals surface area contributed by atoms with E-state index in [2.05, 4.69) is 15.6 Å². The van der Waals surface area contributed by atoms with Crippen LogP contribution in [0.1, 0.15) is 24.8 Å². The molecule has 0 radical (unpaired) electrons. The highest BCUT2D eigenvalue weighted by molar-refractivity contribution is 6.32. The zero-order valence-corrected chi connectivity index (χ0v) is 17.2. The molecule has 8 heteroatoms. The summed E-state index contributed by atoms with van der Waals surface area (Å²) in [5.74, 6) is 2.14. The van der Waals surface area contributed by atoms with Crippen molar-refractivity contribution in [3.8, 4) is 11.5 Å². The number of benzene rings is 1. The van der Waals surface area contributed by atoms with Crippen LogP contribution in [0.4, 0.5) is 0 Å². The van der Waals surface area contributed by atoms with E-state index in [1.54, 1.807) is 7.05 Å². The van der Waals surface area contributed by atoms with Gasteiger partial charge in [-0.05, 0) is 43.4 Å². The smallest absolute Gasteiger partial charge is 0.190 e. The molecule has 0 aromatic heterocycles. The quantitative estimate of drug-likeness (QED) is 0.369. The maximum absolute atomic E-state index is 6.29. The van der Waals surface area contributed by atoms with Crippen LogP contribution in [0.15, 0.2) is 17.1 Å². The first-order chi connectivity index (χ1) is 13.8. The summed E-state index contributed by atoms with van der Waals surface area (Å²) >= 11 is 6.29. The molecule has 28 heavy (non-hydrogen) atoms. The highest BCUT2D eigenvalue weighted by Crippen LogP contribution is 2.38. The van der Waals surface area contributed by atoms with E-state index in [1.807, 2.05) is 12.1 Å². The minimum atomic E-state index is 0.288. The fourth-order valence-electron chi connectivity index (χ4n) is 3.23. The van der Waals surface area contributed by atoms with E-state index in [4.69, 9.17) is 30.5 Å². The number of aliphatic imine (C=N–C) groups is 1. The molecule has 3 rings (SSSR count). The second-order valence-corrected chi connectivity index (χ2v) is 7.25. The van der Waals surface area contributed by atoms with Crippen molar-refractivity contribution in [2.75, 3.05) is 53.2 Å². The minimum absolute atomic E-state index is 0.288. The molecule has 156 valence electrons. The van der Waals surface area contributed by atoms with E-state index in [9.17, 15) is 0 Å². The van der Waals surface area contributed by atoms with Crippen LogP contribution in [-0.4, -0.2) is 65.2 Å². The van der Waals surface area contributed by atoms with Crippen LogP contribution in [0, 0.1) is 0 Å². The Bertz CT molecular complexity index is 651. The molecule has 0 saturated carbocycles. The summed E-state index contributed by atoms with van der Waals surface area (Å²) in [4.78, 5) is 4.25. The van der Waals surface area contributed by atoms with E-state index >= 15 is 0 Å². The van der Waals surface area contributed by atoms with E-state index < -0.39 is 0 Å². The lowest BCUT2D eigenvalue weighted by molar-refractivity contribution is 0.0168. The number of ether oxygens (including phenoxy) is 4. The SMILES string of the molecule is CN=C(NCCCOCC1CCCO1)NCCc1cc(Cl)c2c(c1)OCCO2. The normalized spacial score (nSPS) is 18.9. The Morgan fingerprint density at radius 3 is 2.89 bits per heavy atom. The van der Waals surface area contributed by atoms with Gasteiger partial charge < -0.3 is 29.6 Å². The van der Waals surface area contributed by atoms with Gasteiger partial charge >= 0.3 is 0 Å². The Balaban J connectivity index is 1.30. The molecule has 1 fully saturated rings. The van der Waals surface area contributed by atoms with Gasteiger partial charge in [0.2, 0.25) is 0 Å². The van der Waals surface area contributed by atoms with E-state index in [-0.39, 0.29) is 6.10 Å². The Hall–Kier alpha value is -1.70. The number of fused-ring (bicyclic) bond motifs is 1. The Kier molecular flexibility index (Phi) is 8.51. The number of rotatable bonds is 9. The third-order valence-electron chi connectivity index (χ3n) is 4.67. The lowest BCUT2D eigenvalue weighted by Gasteiger charge is -2.20. The summed E-state index contributed by atoms with van der Waals surface area (Å²) in [5.41, 5.74) is 1.10. The molecule has 0 amide bonds. The molecule has 1 aromatic carbocycles. The molecule has 1 unspecified atom stereocenters. The van der Waals surface area contributed by atoms with Gasteiger partial charge in [-0.25, -0.2) is 0 Å². The molecule has 0 spiro atoms. The summed E-state index contributed by atoms with van der Waals surface area (Å²) in [6.07, 6.45) is 4.28. The van der Waals surface area contributed by atoms with Crippen molar-refractivity contribution in [3.05, 3.63) is 22.7 Å². The second-order valence-electron chi connectivity index (χ2n) is 6.84. The predicted octanol–water partition coefficient (Wildman–Crippen LogP) is 2.40. The Morgan fingerprint density at radius 2 is 2.07 bits per heavy atom. The molecule has 7 nitrogen and oxygen atoms in total. The van der Waals surface area contributed by atoms with Crippen LogP contribution in [-0.2, 0) is 15.9 Å². The van der Waals surface area contributed by atoms with Crippen molar-refractivity contribution in [1.82, 2.24) is 10.6 Å². The predicted molar refractivity (Wildman–Crippen MR) is 110 cm³/mol. The highest BCUT2D eigenvalue weighted by atomic mass is 35.5. The molecule has 1 aromatic rings. The van der Waals surface area contributed by atoms with Gasteiger partial charge in [0.05, 0.1) is 17.7 Å². The molecule has 2 aliphatic heterocycles. The van der Waals surface area contributed by atoms with Gasteiger partial charge in [0, 0.05) is 33.4 Å². The number of hydrogen-bond donors (Lipinski definition) is 2.